The summed E-state index contributed by atoms with van der Waals surface area (Å²) in [5, 5.41) is 8.50. The Balaban J connectivity index is 2.12. The van der Waals surface area contributed by atoms with Crippen molar-refractivity contribution in [2.45, 2.75) is 6.42 Å². The third-order valence-corrected chi connectivity index (χ3v) is 1.59. The topological polar surface area (TPSA) is 44.0 Å². The average Bonchev–Trinajstić information content (AvgIpc) is 2.59. The summed E-state index contributed by atoms with van der Waals surface area (Å²) in [7, 11) is 0. The van der Waals surface area contributed by atoms with Gasteiger partial charge in [-0.3, -0.25) is 5.10 Å². The molecule has 0 amide bonds. The molecule has 1 aliphatic rings. The molecule has 10 heavy (non-hydrogen) atoms. The van der Waals surface area contributed by atoms with Crippen molar-refractivity contribution in [3.63, 3.8) is 0 Å². The molecule has 4 heteroatoms. The normalized spacial score (nSPS) is 18.2. The Kier molecular flexibility index (Phi) is 1.32. The Morgan fingerprint density at radius 3 is 3.30 bits per heavy atom. The van der Waals surface area contributed by atoms with Crippen LogP contribution in [0.4, 0.5) is 5.69 Å². The minimum absolute atomic E-state index is 0.998. The first-order valence-corrected chi connectivity index (χ1v) is 3.39. The molecule has 2 rings (SSSR count). The fourth-order valence-corrected chi connectivity index (χ4v) is 1.09. The first-order valence-electron chi connectivity index (χ1n) is 3.39. The molecule has 1 radical (unpaired) electrons. The number of hydrogen-bond donors (Lipinski definition) is 2. The highest BCUT2D eigenvalue weighted by Gasteiger charge is 2.11. The summed E-state index contributed by atoms with van der Waals surface area (Å²) < 4.78 is 0. The number of hydrogen-bond acceptors (Lipinski definition) is 3. The standard InChI is InChI=1S/C6H9N4/c1-2-9-10(3-1)6-4-7-8-5-6/h4,9H,1-3H2,(H,7,8). The van der Waals surface area contributed by atoms with Crippen molar-refractivity contribution >= 4 is 5.69 Å². The minimum atomic E-state index is 0.998. The van der Waals surface area contributed by atoms with Gasteiger partial charge in [-0.25, -0.2) is 5.43 Å². The summed E-state index contributed by atoms with van der Waals surface area (Å²) in [6.07, 6.45) is 5.86. The largest absolute Gasteiger partial charge is 0.305 e. The van der Waals surface area contributed by atoms with Crippen LogP contribution in [0.5, 0.6) is 0 Å². The third kappa shape index (κ3) is 0.863. The van der Waals surface area contributed by atoms with Gasteiger partial charge in [-0.05, 0) is 6.42 Å². The molecule has 0 unspecified atom stereocenters. The predicted molar refractivity (Wildman–Crippen MR) is 37.4 cm³/mol. The van der Waals surface area contributed by atoms with Crippen molar-refractivity contribution in [2.75, 3.05) is 18.1 Å². The van der Waals surface area contributed by atoms with Gasteiger partial charge in [0.15, 0.2) is 0 Å². The van der Waals surface area contributed by atoms with Crippen molar-refractivity contribution in [3.05, 3.63) is 12.4 Å². The van der Waals surface area contributed by atoms with Gasteiger partial charge in [0.05, 0.1) is 5.69 Å². The van der Waals surface area contributed by atoms with Crippen molar-refractivity contribution in [2.24, 2.45) is 0 Å². The zero-order valence-corrected chi connectivity index (χ0v) is 5.59. The fourth-order valence-electron chi connectivity index (χ4n) is 1.09. The molecule has 1 aliphatic heterocycles. The highest BCUT2D eigenvalue weighted by atomic mass is 15.5. The van der Waals surface area contributed by atoms with Gasteiger partial charge in [-0.1, -0.05) is 0 Å². The van der Waals surface area contributed by atoms with E-state index >= 15 is 0 Å². The lowest BCUT2D eigenvalue weighted by Crippen LogP contribution is -2.29. The number of nitrogens with one attached hydrogen (secondary N) is 2. The van der Waals surface area contributed by atoms with Gasteiger partial charge < -0.3 is 5.01 Å². The van der Waals surface area contributed by atoms with Crippen LogP contribution in [-0.4, -0.2) is 23.3 Å². The summed E-state index contributed by atoms with van der Waals surface area (Å²) in [5.41, 5.74) is 4.20. The van der Waals surface area contributed by atoms with Crippen LogP contribution in [-0.2, 0) is 0 Å². The van der Waals surface area contributed by atoms with E-state index in [-0.39, 0.29) is 0 Å². The second-order valence-electron chi connectivity index (χ2n) is 2.30. The zero-order chi connectivity index (χ0) is 6.81. The lowest BCUT2D eigenvalue weighted by atomic mass is 10.4. The van der Waals surface area contributed by atoms with Crippen LogP contribution in [0.15, 0.2) is 6.20 Å². The number of rotatable bonds is 1. The SMILES string of the molecule is [c]1n[nH]cc1N1CCCN1. The molecule has 1 aromatic heterocycles. The quantitative estimate of drug-likeness (QED) is 0.569. The molecule has 2 heterocycles. The number of H-pyrrole nitrogens is 1. The van der Waals surface area contributed by atoms with E-state index in [0.717, 1.165) is 18.8 Å². The molecule has 0 saturated carbocycles. The van der Waals surface area contributed by atoms with Crippen LogP contribution in [0.25, 0.3) is 0 Å². The van der Waals surface area contributed by atoms with Crippen molar-refractivity contribution < 1.29 is 0 Å². The predicted octanol–water partition coefficient (Wildman–Crippen LogP) is -0.0754. The second kappa shape index (κ2) is 2.30. The lowest BCUT2D eigenvalue weighted by molar-refractivity contribution is 0.787. The summed E-state index contributed by atoms with van der Waals surface area (Å²) >= 11 is 0. The smallest absolute Gasteiger partial charge is 0.139 e. The highest BCUT2D eigenvalue weighted by molar-refractivity contribution is 5.39. The molecule has 0 atom stereocenters. The summed E-state index contributed by atoms with van der Waals surface area (Å²) in [6, 6.07) is 0. The van der Waals surface area contributed by atoms with E-state index in [1.807, 2.05) is 11.2 Å². The molecule has 1 saturated heterocycles. The van der Waals surface area contributed by atoms with Gasteiger partial charge in [-0.2, -0.15) is 5.10 Å². The lowest BCUT2D eigenvalue weighted by Gasteiger charge is -2.13. The number of nitrogens with zero attached hydrogens (tertiary/aromatic N) is 2. The van der Waals surface area contributed by atoms with E-state index in [9.17, 15) is 0 Å². The summed E-state index contributed by atoms with van der Waals surface area (Å²) in [4.78, 5) is 0. The zero-order valence-electron chi connectivity index (χ0n) is 5.59. The molecular weight excluding hydrogens is 128 g/mol. The van der Waals surface area contributed by atoms with Gasteiger partial charge in [0.25, 0.3) is 0 Å². The number of anilines is 1. The summed E-state index contributed by atoms with van der Waals surface area (Å²) in [5.74, 6) is 0. The van der Waals surface area contributed by atoms with Crippen LogP contribution in [0.1, 0.15) is 6.42 Å². The first-order chi connectivity index (χ1) is 4.97. The van der Waals surface area contributed by atoms with Crippen molar-refractivity contribution in [1.82, 2.24) is 15.6 Å². The van der Waals surface area contributed by atoms with E-state index in [2.05, 4.69) is 21.8 Å². The monoisotopic (exact) mass is 137 g/mol. The molecule has 0 spiro atoms. The second-order valence-corrected chi connectivity index (χ2v) is 2.30. The van der Waals surface area contributed by atoms with Crippen LogP contribution >= 0.6 is 0 Å². The molecule has 1 aromatic rings. The maximum Gasteiger partial charge on any atom is 0.139 e. The molecule has 1 fully saturated rings. The van der Waals surface area contributed by atoms with E-state index < -0.39 is 0 Å². The molecule has 0 aromatic carbocycles. The van der Waals surface area contributed by atoms with Crippen LogP contribution in [0.2, 0.25) is 0 Å². The molecule has 4 nitrogen and oxygen atoms in total. The van der Waals surface area contributed by atoms with Gasteiger partial charge in [-0.15, -0.1) is 0 Å². The number of aromatic nitrogens is 2. The maximum atomic E-state index is 3.74. The fraction of sp³-hybridized carbons (Fsp3) is 0.500. The van der Waals surface area contributed by atoms with Gasteiger partial charge in [0.1, 0.15) is 6.20 Å². The van der Waals surface area contributed by atoms with Gasteiger partial charge in [0, 0.05) is 19.3 Å². The Labute approximate surface area is 59.2 Å². The Hall–Kier alpha value is -1.03. The van der Waals surface area contributed by atoms with Crippen molar-refractivity contribution in [3.8, 4) is 0 Å². The van der Waals surface area contributed by atoms with E-state index in [4.69, 9.17) is 0 Å². The third-order valence-electron chi connectivity index (χ3n) is 1.59. The van der Waals surface area contributed by atoms with Crippen LogP contribution < -0.4 is 10.4 Å². The molecule has 2 N–H and O–H groups in total. The Bertz CT molecular complexity index is 188. The van der Waals surface area contributed by atoms with Crippen LogP contribution in [0, 0.1) is 6.20 Å². The molecule has 0 bridgehead atoms. The Morgan fingerprint density at radius 2 is 2.70 bits per heavy atom. The van der Waals surface area contributed by atoms with Crippen molar-refractivity contribution in [1.29, 1.82) is 0 Å². The van der Waals surface area contributed by atoms with E-state index in [1.165, 1.54) is 6.42 Å². The average molecular weight is 137 g/mol. The number of aromatic amines is 1. The maximum absolute atomic E-state index is 3.74. The van der Waals surface area contributed by atoms with E-state index in [1.54, 1.807) is 0 Å². The first kappa shape index (κ1) is 5.73. The van der Waals surface area contributed by atoms with Gasteiger partial charge >= 0.3 is 0 Å². The van der Waals surface area contributed by atoms with Crippen LogP contribution in [0.3, 0.4) is 0 Å². The molecular formula is C6H9N4. The highest BCUT2D eigenvalue weighted by Crippen LogP contribution is 2.10. The Morgan fingerprint density at radius 1 is 1.70 bits per heavy atom. The molecule has 53 valence electrons. The minimum Gasteiger partial charge on any atom is -0.305 e. The van der Waals surface area contributed by atoms with Gasteiger partial charge in [0.2, 0.25) is 0 Å². The van der Waals surface area contributed by atoms with E-state index in [0.29, 0.717) is 0 Å². The summed E-state index contributed by atoms with van der Waals surface area (Å²) in [6.45, 7) is 2.11. The molecule has 0 aliphatic carbocycles. The number of hydrazine groups is 1.